The van der Waals surface area contributed by atoms with Crippen LogP contribution >= 0.6 is 0 Å². The second kappa shape index (κ2) is 5.40. The lowest BCUT2D eigenvalue weighted by Crippen LogP contribution is -2.00. The highest BCUT2D eigenvalue weighted by Crippen LogP contribution is 2.31. The van der Waals surface area contributed by atoms with Gasteiger partial charge in [-0.2, -0.15) is 5.10 Å². The van der Waals surface area contributed by atoms with Crippen LogP contribution in [0.1, 0.15) is 38.5 Å². The van der Waals surface area contributed by atoms with Gasteiger partial charge in [-0.15, -0.1) is 0 Å². The first-order valence-corrected chi connectivity index (χ1v) is 6.17. The summed E-state index contributed by atoms with van der Waals surface area (Å²) in [6, 6.07) is 4.69. The van der Waals surface area contributed by atoms with Crippen molar-refractivity contribution in [1.82, 2.24) is 9.78 Å². The zero-order chi connectivity index (χ0) is 14.0. The summed E-state index contributed by atoms with van der Waals surface area (Å²) in [5.41, 5.74) is 0.153. The minimum atomic E-state index is -0.934. The molecule has 1 aromatic carbocycles. The third kappa shape index (κ3) is 2.93. The first-order chi connectivity index (χ1) is 8.99. The van der Waals surface area contributed by atoms with Gasteiger partial charge in [-0.05, 0) is 32.9 Å². The molecular formula is C14H17FN2O2. The minimum Gasteiger partial charge on any atom is -0.454 e. The maximum Gasteiger partial charge on any atom is 0.165 e. The average molecular weight is 264 g/mol. The summed E-state index contributed by atoms with van der Waals surface area (Å²) in [5.74, 6) is 0.336. The van der Waals surface area contributed by atoms with Crippen molar-refractivity contribution in [1.29, 1.82) is 0 Å². The van der Waals surface area contributed by atoms with Crippen molar-refractivity contribution in [3.8, 4) is 11.5 Å². The summed E-state index contributed by atoms with van der Waals surface area (Å²) in [6.07, 6.45) is 2.37. The van der Waals surface area contributed by atoms with Gasteiger partial charge in [-0.3, -0.25) is 4.68 Å². The number of rotatable bonds is 4. The normalized spacial score (nSPS) is 12.7. The Labute approximate surface area is 111 Å². The van der Waals surface area contributed by atoms with Crippen LogP contribution in [0.3, 0.4) is 0 Å². The third-order valence-electron chi connectivity index (χ3n) is 2.77. The van der Waals surface area contributed by atoms with Gasteiger partial charge in [0.05, 0.1) is 24.1 Å². The molecule has 0 aliphatic carbocycles. The van der Waals surface area contributed by atoms with Crippen LogP contribution in [-0.2, 0) is 0 Å². The van der Waals surface area contributed by atoms with E-state index >= 15 is 0 Å². The van der Waals surface area contributed by atoms with Crippen LogP contribution in [0.2, 0.25) is 0 Å². The van der Waals surface area contributed by atoms with Crippen molar-refractivity contribution in [2.24, 2.45) is 0 Å². The van der Waals surface area contributed by atoms with Crippen molar-refractivity contribution in [3.63, 3.8) is 0 Å². The average Bonchev–Trinajstić information content (AvgIpc) is 2.77. The lowest BCUT2D eigenvalue weighted by Gasteiger charge is -2.12. The number of ether oxygens (including phenoxy) is 1. The Morgan fingerprint density at radius 3 is 2.63 bits per heavy atom. The fraction of sp³-hybridized carbons (Fsp3) is 0.357. The maximum absolute atomic E-state index is 13.7. The lowest BCUT2D eigenvalue weighted by molar-refractivity contribution is 0.190. The number of hydrogen-bond acceptors (Lipinski definition) is 3. The SMILES string of the molecule is CC(C)n1cc(Oc2cccc(F)c2[C@H](C)O)cn1. The van der Waals surface area contributed by atoms with E-state index in [0.29, 0.717) is 11.5 Å². The Hall–Kier alpha value is -1.88. The van der Waals surface area contributed by atoms with E-state index in [9.17, 15) is 9.50 Å². The summed E-state index contributed by atoms with van der Waals surface area (Å²) in [4.78, 5) is 0. The fourth-order valence-corrected chi connectivity index (χ4v) is 1.79. The number of halogens is 1. The van der Waals surface area contributed by atoms with E-state index in [4.69, 9.17) is 4.74 Å². The number of hydrogen-bond donors (Lipinski definition) is 1. The number of aromatic nitrogens is 2. The molecule has 1 atom stereocenters. The predicted octanol–water partition coefficient (Wildman–Crippen LogP) is 3.45. The van der Waals surface area contributed by atoms with Crippen molar-refractivity contribution in [2.45, 2.75) is 32.9 Å². The number of benzene rings is 1. The molecule has 2 rings (SSSR count). The third-order valence-corrected chi connectivity index (χ3v) is 2.77. The van der Waals surface area contributed by atoms with Gasteiger partial charge in [0.25, 0.3) is 0 Å². The first-order valence-electron chi connectivity index (χ1n) is 6.17. The smallest absolute Gasteiger partial charge is 0.165 e. The summed E-state index contributed by atoms with van der Waals surface area (Å²) < 4.78 is 21.0. The summed E-state index contributed by atoms with van der Waals surface area (Å²) in [5, 5.41) is 13.8. The van der Waals surface area contributed by atoms with Crippen LogP contribution < -0.4 is 4.74 Å². The molecule has 0 bridgehead atoms. The zero-order valence-corrected chi connectivity index (χ0v) is 11.2. The molecule has 5 heteroatoms. The highest BCUT2D eigenvalue weighted by atomic mass is 19.1. The van der Waals surface area contributed by atoms with Gasteiger partial charge in [0.15, 0.2) is 5.75 Å². The van der Waals surface area contributed by atoms with Crippen molar-refractivity contribution >= 4 is 0 Å². The van der Waals surface area contributed by atoms with E-state index in [1.54, 1.807) is 29.2 Å². The number of aliphatic hydroxyl groups excluding tert-OH is 1. The molecule has 0 unspecified atom stereocenters. The van der Waals surface area contributed by atoms with Crippen LogP contribution in [0, 0.1) is 5.82 Å². The second-order valence-electron chi connectivity index (χ2n) is 4.68. The van der Waals surface area contributed by atoms with Crippen molar-refractivity contribution in [2.75, 3.05) is 0 Å². The molecule has 1 aromatic heterocycles. The molecule has 4 nitrogen and oxygen atoms in total. The van der Waals surface area contributed by atoms with Gasteiger partial charge >= 0.3 is 0 Å². The Kier molecular flexibility index (Phi) is 3.85. The first kappa shape index (κ1) is 13.5. The Morgan fingerprint density at radius 2 is 2.05 bits per heavy atom. The Morgan fingerprint density at radius 1 is 1.32 bits per heavy atom. The van der Waals surface area contributed by atoms with E-state index in [0.717, 1.165) is 0 Å². The van der Waals surface area contributed by atoms with Crippen LogP contribution in [0.15, 0.2) is 30.6 Å². The molecule has 102 valence electrons. The van der Waals surface area contributed by atoms with Crippen LogP contribution in [0.25, 0.3) is 0 Å². The molecule has 1 heterocycles. The molecule has 0 radical (unpaired) electrons. The summed E-state index contributed by atoms with van der Waals surface area (Å²) in [6.45, 7) is 5.50. The Balaban J connectivity index is 2.30. The minimum absolute atomic E-state index is 0.153. The molecule has 0 amide bonds. The second-order valence-corrected chi connectivity index (χ2v) is 4.68. The topological polar surface area (TPSA) is 47.3 Å². The predicted molar refractivity (Wildman–Crippen MR) is 69.7 cm³/mol. The maximum atomic E-state index is 13.7. The van der Waals surface area contributed by atoms with Crippen LogP contribution in [0.4, 0.5) is 4.39 Å². The molecule has 0 aliphatic rings. The molecule has 0 spiro atoms. The van der Waals surface area contributed by atoms with Gasteiger partial charge < -0.3 is 9.84 Å². The van der Waals surface area contributed by atoms with E-state index in [-0.39, 0.29) is 11.6 Å². The van der Waals surface area contributed by atoms with Gasteiger partial charge in [0.2, 0.25) is 0 Å². The standard InChI is InChI=1S/C14H17FN2O2/c1-9(2)17-8-11(7-16-17)19-13-6-4-5-12(15)14(13)10(3)18/h4-10,18H,1-3H3/t10-/m0/s1. The quantitative estimate of drug-likeness (QED) is 0.920. The summed E-state index contributed by atoms with van der Waals surface area (Å²) >= 11 is 0. The lowest BCUT2D eigenvalue weighted by atomic mass is 10.1. The zero-order valence-electron chi connectivity index (χ0n) is 11.2. The number of aliphatic hydroxyl groups is 1. The molecule has 0 aliphatic heterocycles. The monoisotopic (exact) mass is 264 g/mol. The molecule has 2 aromatic rings. The van der Waals surface area contributed by atoms with Gasteiger partial charge in [-0.25, -0.2) is 4.39 Å². The van der Waals surface area contributed by atoms with Crippen molar-refractivity contribution in [3.05, 3.63) is 42.0 Å². The van der Waals surface area contributed by atoms with Crippen molar-refractivity contribution < 1.29 is 14.2 Å². The van der Waals surface area contributed by atoms with Gasteiger partial charge in [0, 0.05) is 6.04 Å². The van der Waals surface area contributed by atoms with E-state index in [1.165, 1.54) is 13.0 Å². The molecule has 0 saturated carbocycles. The van der Waals surface area contributed by atoms with Gasteiger partial charge in [-0.1, -0.05) is 6.07 Å². The highest BCUT2D eigenvalue weighted by Gasteiger charge is 2.15. The van der Waals surface area contributed by atoms with E-state index < -0.39 is 11.9 Å². The molecule has 0 fully saturated rings. The molecule has 0 saturated heterocycles. The molecule has 19 heavy (non-hydrogen) atoms. The van der Waals surface area contributed by atoms with Crippen LogP contribution in [0.5, 0.6) is 11.5 Å². The number of nitrogens with zero attached hydrogens (tertiary/aromatic N) is 2. The van der Waals surface area contributed by atoms with Gasteiger partial charge in [0.1, 0.15) is 11.6 Å². The molecular weight excluding hydrogens is 247 g/mol. The largest absolute Gasteiger partial charge is 0.454 e. The summed E-state index contributed by atoms with van der Waals surface area (Å²) in [7, 11) is 0. The molecule has 1 N–H and O–H groups in total. The fourth-order valence-electron chi connectivity index (χ4n) is 1.79. The highest BCUT2D eigenvalue weighted by molar-refractivity contribution is 5.39. The van der Waals surface area contributed by atoms with Crippen LogP contribution in [-0.4, -0.2) is 14.9 Å². The Bertz CT molecular complexity index is 564. The van der Waals surface area contributed by atoms with E-state index in [2.05, 4.69) is 5.10 Å². The van der Waals surface area contributed by atoms with E-state index in [1.807, 2.05) is 13.8 Å².